The highest BCUT2D eigenvalue weighted by atomic mass is 19.4. The molecule has 0 bridgehead atoms. The number of benzene rings is 2. The number of alkyl halides is 3. The number of amides is 1. The molecule has 6 nitrogen and oxygen atoms in total. The lowest BCUT2D eigenvalue weighted by Gasteiger charge is -2.09. The Bertz CT molecular complexity index is 877. The van der Waals surface area contributed by atoms with E-state index >= 15 is 0 Å². The summed E-state index contributed by atoms with van der Waals surface area (Å²) in [6.07, 6.45) is -4.51. The van der Waals surface area contributed by atoms with Gasteiger partial charge in [-0.15, -0.1) is 5.10 Å². The van der Waals surface area contributed by atoms with Gasteiger partial charge in [-0.2, -0.15) is 17.9 Å². The first-order valence-electron chi connectivity index (χ1n) is 7.23. The van der Waals surface area contributed by atoms with Gasteiger partial charge in [0.2, 0.25) is 0 Å². The molecule has 3 aromatic rings. The van der Waals surface area contributed by atoms with Crippen LogP contribution in [0.25, 0.3) is 5.69 Å². The molecular formula is C16H12F3N5O. The maximum Gasteiger partial charge on any atom is 0.416 e. The van der Waals surface area contributed by atoms with Crippen LogP contribution in [-0.4, -0.2) is 26.1 Å². The molecule has 0 unspecified atom stereocenters. The van der Waals surface area contributed by atoms with Gasteiger partial charge in [0.1, 0.15) is 0 Å². The number of nitrogens with one attached hydrogen (secondary N) is 1. The van der Waals surface area contributed by atoms with E-state index in [0.29, 0.717) is 11.5 Å². The van der Waals surface area contributed by atoms with E-state index in [-0.39, 0.29) is 12.1 Å². The van der Waals surface area contributed by atoms with Crippen molar-refractivity contribution in [2.45, 2.75) is 12.7 Å². The van der Waals surface area contributed by atoms with Crippen molar-refractivity contribution in [1.29, 1.82) is 0 Å². The number of nitrogens with zero attached hydrogens (tertiary/aromatic N) is 4. The van der Waals surface area contributed by atoms with Crippen molar-refractivity contribution in [1.82, 2.24) is 25.5 Å². The van der Waals surface area contributed by atoms with Crippen molar-refractivity contribution in [3.05, 3.63) is 71.5 Å². The number of carbonyl (C=O) groups excluding carboxylic acids is 1. The third kappa shape index (κ3) is 3.82. The maximum atomic E-state index is 12.7. The lowest BCUT2D eigenvalue weighted by Crippen LogP contribution is -2.25. The summed E-state index contributed by atoms with van der Waals surface area (Å²) in [5.74, 6) is -0.291. The Morgan fingerprint density at radius 1 is 1.08 bits per heavy atom. The first-order chi connectivity index (χ1) is 11.9. The Hall–Kier alpha value is -3.23. The van der Waals surface area contributed by atoms with E-state index in [4.69, 9.17) is 0 Å². The van der Waals surface area contributed by atoms with E-state index in [1.54, 1.807) is 12.1 Å². The molecule has 0 spiro atoms. The van der Waals surface area contributed by atoms with Crippen molar-refractivity contribution >= 4 is 5.91 Å². The largest absolute Gasteiger partial charge is 0.416 e. The average Bonchev–Trinajstić information content (AvgIpc) is 3.08. The maximum absolute atomic E-state index is 12.7. The van der Waals surface area contributed by atoms with Crippen LogP contribution in [0, 0.1) is 0 Å². The quantitative estimate of drug-likeness (QED) is 0.787. The van der Waals surface area contributed by atoms with Crippen molar-refractivity contribution < 1.29 is 18.0 Å². The van der Waals surface area contributed by atoms with E-state index in [9.17, 15) is 18.0 Å². The van der Waals surface area contributed by atoms with Crippen molar-refractivity contribution in [3.63, 3.8) is 0 Å². The topological polar surface area (TPSA) is 72.7 Å². The van der Waals surface area contributed by atoms with Crippen LogP contribution in [0.3, 0.4) is 0 Å². The van der Waals surface area contributed by atoms with Crippen molar-refractivity contribution in [3.8, 4) is 5.69 Å². The number of tetrazole rings is 1. The number of hydrogen-bond donors (Lipinski definition) is 1. The van der Waals surface area contributed by atoms with E-state index < -0.39 is 17.6 Å². The molecule has 128 valence electrons. The summed E-state index contributed by atoms with van der Waals surface area (Å²) in [5, 5.41) is 13.7. The summed E-state index contributed by atoms with van der Waals surface area (Å²) in [5.41, 5.74) is -0.265. The second-order valence-corrected chi connectivity index (χ2v) is 5.10. The third-order valence-corrected chi connectivity index (χ3v) is 3.39. The van der Waals surface area contributed by atoms with Gasteiger partial charge in [0, 0.05) is 5.56 Å². The zero-order valence-corrected chi connectivity index (χ0v) is 12.7. The van der Waals surface area contributed by atoms with Crippen LogP contribution in [0.5, 0.6) is 0 Å². The Kier molecular flexibility index (Phi) is 4.46. The van der Waals surface area contributed by atoms with Gasteiger partial charge in [-0.25, -0.2) is 0 Å². The first-order valence-corrected chi connectivity index (χ1v) is 7.23. The van der Waals surface area contributed by atoms with E-state index in [1.807, 2.05) is 18.2 Å². The number of halogens is 3. The van der Waals surface area contributed by atoms with Gasteiger partial charge in [0.25, 0.3) is 5.91 Å². The molecule has 0 radical (unpaired) electrons. The van der Waals surface area contributed by atoms with Gasteiger partial charge in [-0.05, 0) is 40.8 Å². The molecule has 0 aliphatic heterocycles. The molecule has 0 aliphatic carbocycles. The second kappa shape index (κ2) is 6.71. The summed E-state index contributed by atoms with van der Waals surface area (Å²) < 4.78 is 39.6. The number of para-hydroxylation sites is 1. The molecule has 1 N–H and O–H groups in total. The third-order valence-electron chi connectivity index (χ3n) is 3.39. The number of carbonyl (C=O) groups is 1. The predicted octanol–water partition coefficient (Wildman–Crippen LogP) is 2.61. The highest BCUT2D eigenvalue weighted by Gasteiger charge is 2.30. The van der Waals surface area contributed by atoms with Gasteiger partial charge >= 0.3 is 6.18 Å². The SMILES string of the molecule is O=C(NCc1nnnn1-c1ccccc1)c1cccc(C(F)(F)F)c1. The fourth-order valence-corrected chi connectivity index (χ4v) is 2.18. The zero-order valence-electron chi connectivity index (χ0n) is 12.7. The van der Waals surface area contributed by atoms with Crippen LogP contribution < -0.4 is 5.32 Å². The fraction of sp³-hybridized carbons (Fsp3) is 0.125. The highest BCUT2D eigenvalue weighted by Crippen LogP contribution is 2.29. The highest BCUT2D eigenvalue weighted by molar-refractivity contribution is 5.94. The number of hydrogen-bond acceptors (Lipinski definition) is 4. The van der Waals surface area contributed by atoms with E-state index in [0.717, 1.165) is 12.1 Å². The summed E-state index contributed by atoms with van der Waals surface area (Å²) in [6.45, 7) is -0.0308. The Morgan fingerprint density at radius 2 is 1.84 bits per heavy atom. The molecule has 0 atom stereocenters. The van der Waals surface area contributed by atoms with Crippen LogP contribution in [0.15, 0.2) is 54.6 Å². The molecule has 0 saturated carbocycles. The second-order valence-electron chi connectivity index (χ2n) is 5.10. The fourth-order valence-electron chi connectivity index (χ4n) is 2.18. The summed E-state index contributed by atoms with van der Waals surface area (Å²) in [6, 6.07) is 13.2. The van der Waals surface area contributed by atoms with Gasteiger partial charge < -0.3 is 5.32 Å². The molecule has 2 aromatic carbocycles. The van der Waals surface area contributed by atoms with Gasteiger partial charge in [-0.3, -0.25) is 4.79 Å². The molecule has 1 heterocycles. The Labute approximate surface area is 140 Å². The molecule has 9 heteroatoms. The number of rotatable bonds is 4. The van der Waals surface area contributed by atoms with E-state index in [2.05, 4.69) is 20.8 Å². The molecule has 1 aromatic heterocycles. The standard InChI is InChI=1S/C16H12F3N5O/c17-16(18,19)12-6-4-5-11(9-12)15(25)20-10-14-21-22-23-24(14)13-7-2-1-3-8-13/h1-9H,10H2,(H,20,25). The van der Waals surface area contributed by atoms with Crippen LogP contribution in [0.2, 0.25) is 0 Å². The first kappa shape index (κ1) is 16.6. The van der Waals surface area contributed by atoms with Crippen LogP contribution in [0.1, 0.15) is 21.7 Å². The van der Waals surface area contributed by atoms with Crippen molar-refractivity contribution in [2.24, 2.45) is 0 Å². The normalized spacial score (nSPS) is 11.3. The predicted molar refractivity (Wildman–Crippen MR) is 81.8 cm³/mol. The Morgan fingerprint density at radius 3 is 2.56 bits per heavy atom. The average molecular weight is 347 g/mol. The molecule has 0 saturated heterocycles. The molecule has 0 fully saturated rings. The van der Waals surface area contributed by atoms with Gasteiger partial charge in [0.05, 0.1) is 17.8 Å². The van der Waals surface area contributed by atoms with E-state index in [1.165, 1.54) is 16.8 Å². The molecule has 25 heavy (non-hydrogen) atoms. The minimum atomic E-state index is -4.51. The van der Waals surface area contributed by atoms with Gasteiger partial charge in [-0.1, -0.05) is 24.3 Å². The van der Waals surface area contributed by atoms with Crippen LogP contribution in [0.4, 0.5) is 13.2 Å². The van der Waals surface area contributed by atoms with Crippen LogP contribution >= 0.6 is 0 Å². The Balaban J connectivity index is 1.73. The van der Waals surface area contributed by atoms with Crippen molar-refractivity contribution in [2.75, 3.05) is 0 Å². The monoisotopic (exact) mass is 347 g/mol. The molecule has 1 amide bonds. The summed E-state index contributed by atoms with van der Waals surface area (Å²) in [7, 11) is 0. The minimum absolute atomic E-state index is 0.0308. The zero-order chi connectivity index (χ0) is 17.9. The lowest BCUT2D eigenvalue weighted by molar-refractivity contribution is -0.137. The van der Waals surface area contributed by atoms with Crippen LogP contribution in [-0.2, 0) is 12.7 Å². The lowest BCUT2D eigenvalue weighted by atomic mass is 10.1. The smallest absolute Gasteiger partial charge is 0.345 e. The molecule has 3 rings (SSSR count). The summed E-state index contributed by atoms with van der Waals surface area (Å²) in [4.78, 5) is 12.1. The summed E-state index contributed by atoms with van der Waals surface area (Å²) >= 11 is 0. The van der Waals surface area contributed by atoms with Gasteiger partial charge in [0.15, 0.2) is 5.82 Å². The minimum Gasteiger partial charge on any atom is -0.345 e. The number of aromatic nitrogens is 4. The molecule has 0 aliphatic rings. The molecular weight excluding hydrogens is 335 g/mol.